The molecule has 0 fully saturated rings. The SMILES string of the molecule is CC(C)CCSc1ncnc2c1sc1nc(CC(C)C)c3c(c12)CC(C)(C)OC3. The van der Waals surface area contributed by atoms with Gasteiger partial charge in [0, 0.05) is 23.1 Å². The maximum atomic E-state index is 6.18. The van der Waals surface area contributed by atoms with Crippen molar-refractivity contribution in [3.8, 4) is 0 Å². The summed E-state index contributed by atoms with van der Waals surface area (Å²) in [5.74, 6) is 2.36. The highest BCUT2D eigenvalue weighted by Gasteiger charge is 2.31. The molecule has 4 rings (SSSR count). The van der Waals surface area contributed by atoms with Crippen LogP contribution in [0, 0.1) is 11.8 Å². The second-order valence-electron chi connectivity index (χ2n) is 9.51. The van der Waals surface area contributed by atoms with E-state index in [1.54, 1.807) is 17.7 Å². The zero-order valence-corrected chi connectivity index (χ0v) is 20.0. The van der Waals surface area contributed by atoms with E-state index >= 15 is 0 Å². The van der Waals surface area contributed by atoms with Gasteiger partial charge in [-0.2, -0.15) is 0 Å². The molecule has 29 heavy (non-hydrogen) atoms. The molecule has 3 aromatic rings. The van der Waals surface area contributed by atoms with Crippen LogP contribution in [0.25, 0.3) is 20.4 Å². The maximum Gasteiger partial charge on any atom is 0.126 e. The summed E-state index contributed by atoms with van der Waals surface area (Å²) in [6.07, 6.45) is 4.81. The second-order valence-corrected chi connectivity index (χ2v) is 11.6. The molecular formula is C23H31N3OS2. The van der Waals surface area contributed by atoms with Gasteiger partial charge in [-0.1, -0.05) is 27.7 Å². The molecule has 0 radical (unpaired) electrons. The third-order valence-electron chi connectivity index (χ3n) is 5.42. The van der Waals surface area contributed by atoms with Crippen LogP contribution in [0.15, 0.2) is 11.4 Å². The molecule has 0 saturated carbocycles. The lowest BCUT2D eigenvalue weighted by Gasteiger charge is -2.33. The third kappa shape index (κ3) is 4.30. The van der Waals surface area contributed by atoms with E-state index in [-0.39, 0.29) is 5.60 Å². The molecule has 156 valence electrons. The molecule has 1 aliphatic heterocycles. The molecule has 0 aliphatic carbocycles. The lowest BCUT2D eigenvalue weighted by Crippen LogP contribution is -2.33. The van der Waals surface area contributed by atoms with Crippen LogP contribution in [0.1, 0.15) is 64.8 Å². The number of hydrogen-bond donors (Lipinski definition) is 0. The molecule has 0 spiro atoms. The largest absolute Gasteiger partial charge is 0.370 e. The highest BCUT2D eigenvalue weighted by molar-refractivity contribution is 7.99. The smallest absolute Gasteiger partial charge is 0.126 e. The number of hydrogen-bond acceptors (Lipinski definition) is 6. The van der Waals surface area contributed by atoms with Crippen molar-refractivity contribution in [3.63, 3.8) is 0 Å². The van der Waals surface area contributed by atoms with Crippen LogP contribution in [0.3, 0.4) is 0 Å². The highest BCUT2D eigenvalue weighted by Crippen LogP contribution is 2.43. The predicted octanol–water partition coefficient (Wildman–Crippen LogP) is 6.43. The minimum Gasteiger partial charge on any atom is -0.370 e. The minimum absolute atomic E-state index is 0.160. The molecule has 4 nitrogen and oxygen atoms in total. The summed E-state index contributed by atoms with van der Waals surface area (Å²) < 4.78 is 7.37. The topological polar surface area (TPSA) is 47.9 Å². The van der Waals surface area contributed by atoms with E-state index in [4.69, 9.17) is 14.7 Å². The van der Waals surface area contributed by atoms with E-state index in [9.17, 15) is 0 Å². The molecule has 0 amide bonds. The summed E-state index contributed by atoms with van der Waals surface area (Å²) in [4.78, 5) is 15.6. The number of thioether (sulfide) groups is 1. The van der Waals surface area contributed by atoms with Gasteiger partial charge in [-0.05, 0) is 49.8 Å². The number of ether oxygens (including phenoxy) is 1. The average molecular weight is 430 g/mol. The van der Waals surface area contributed by atoms with Gasteiger partial charge in [-0.25, -0.2) is 15.0 Å². The van der Waals surface area contributed by atoms with Crippen LogP contribution in [-0.4, -0.2) is 26.3 Å². The van der Waals surface area contributed by atoms with Gasteiger partial charge in [0.15, 0.2) is 0 Å². The average Bonchev–Trinajstić information content (AvgIpc) is 2.99. The fraction of sp³-hybridized carbons (Fsp3) is 0.609. The molecule has 6 heteroatoms. The van der Waals surface area contributed by atoms with Crippen LogP contribution >= 0.6 is 23.1 Å². The summed E-state index contributed by atoms with van der Waals surface area (Å²) in [7, 11) is 0. The highest BCUT2D eigenvalue weighted by atomic mass is 32.2. The van der Waals surface area contributed by atoms with Crippen molar-refractivity contribution in [2.75, 3.05) is 5.75 Å². The van der Waals surface area contributed by atoms with Gasteiger partial charge >= 0.3 is 0 Å². The summed E-state index contributed by atoms with van der Waals surface area (Å²) in [5.41, 5.74) is 4.80. The van der Waals surface area contributed by atoms with E-state index in [1.165, 1.54) is 33.3 Å². The number of fused-ring (bicyclic) bond motifs is 5. The van der Waals surface area contributed by atoms with E-state index in [0.717, 1.165) is 34.0 Å². The summed E-state index contributed by atoms with van der Waals surface area (Å²) in [6.45, 7) is 14.1. The maximum absolute atomic E-state index is 6.18. The first-order valence-electron chi connectivity index (χ1n) is 10.6. The zero-order chi connectivity index (χ0) is 20.8. The zero-order valence-electron chi connectivity index (χ0n) is 18.3. The molecule has 0 saturated heterocycles. The first kappa shape index (κ1) is 21.0. The summed E-state index contributed by atoms with van der Waals surface area (Å²) in [5, 5.41) is 2.33. The van der Waals surface area contributed by atoms with Crippen LogP contribution in [0.5, 0.6) is 0 Å². The lowest BCUT2D eigenvalue weighted by molar-refractivity contribution is -0.0402. The monoisotopic (exact) mass is 429 g/mol. The molecule has 0 bridgehead atoms. The Bertz CT molecular complexity index is 1040. The van der Waals surface area contributed by atoms with E-state index in [0.29, 0.717) is 18.4 Å². The van der Waals surface area contributed by atoms with E-state index < -0.39 is 0 Å². The summed E-state index contributed by atoms with van der Waals surface area (Å²) >= 11 is 3.62. The van der Waals surface area contributed by atoms with Gasteiger partial charge in [0.2, 0.25) is 0 Å². The first-order chi connectivity index (χ1) is 13.7. The van der Waals surface area contributed by atoms with Gasteiger partial charge in [0.1, 0.15) is 16.2 Å². The van der Waals surface area contributed by atoms with Crippen molar-refractivity contribution in [2.24, 2.45) is 11.8 Å². The lowest BCUT2D eigenvalue weighted by atomic mass is 9.88. The predicted molar refractivity (Wildman–Crippen MR) is 124 cm³/mol. The van der Waals surface area contributed by atoms with Crippen molar-refractivity contribution in [1.29, 1.82) is 0 Å². The number of aromatic nitrogens is 3. The number of nitrogens with zero attached hydrogens (tertiary/aromatic N) is 3. The Morgan fingerprint density at radius 3 is 2.66 bits per heavy atom. The Balaban J connectivity index is 1.89. The van der Waals surface area contributed by atoms with Gasteiger partial charge in [-0.3, -0.25) is 0 Å². The first-order valence-corrected chi connectivity index (χ1v) is 12.4. The summed E-state index contributed by atoms with van der Waals surface area (Å²) in [6, 6.07) is 0. The van der Waals surface area contributed by atoms with Gasteiger partial charge < -0.3 is 4.74 Å². The molecule has 4 heterocycles. The molecule has 3 aromatic heterocycles. The number of rotatable bonds is 6. The van der Waals surface area contributed by atoms with Crippen molar-refractivity contribution < 1.29 is 4.74 Å². The van der Waals surface area contributed by atoms with Gasteiger partial charge in [-0.15, -0.1) is 23.1 Å². The Morgan fingerprint density at radius 2 is 1.93 bits per heavy atom. The number of pyridine rings is 1. The Labute approximate surface area is 181 Å². The Hall–Kier alpha value is -1.24. The van der Waals surface area contributed by atoms with Crippen LogP contribution in [0.4, 0.5) is 0 Å². The van der Waals surface area contributed by atoms with Crippen molar-refractivity contribution >= 4 is 43.5 Å². The van der Waals surface area contributed by atoms with Crippen LogP contribution in [-0.2, 0) is 24.2 Å². The Morgan fingerprint density at radius 1 is 1.14 bits per heavy atom. The molecule has 0 atom stereocenters. The van der Waals surface area contributed by atoms with Crippen molar-refractivity contribution in [3.05, 3.63) is 23.1 Å². The fourth-order valence-electron chi connectivity index (χ4n) is 3.90. The minimum atomic E-state index is -0.160. The third-order valence-corrected chi connectivity index (χ3v) is 7.65. The van der Waals surface area contributed by atoms with Crippen LogP contribution in [0.2, 0.25) is 0 Å². The quantitative estimate of drug-likeness (QED) is 0.334. The normalized spacial score (nSPS) is 16.3. The molecule has 1 aliphatic rings. The van der Waals surface area contributed by atoms with Crippen molar-refractivity contribution in [1.82, 2.24) is 15.0 Å². The molecular weight excluding hydrogens is 398 g/mol. The van der Waals surface area contributed by atoms with E-state index in [1.807, 2.05) is 11.8 Å². The Kier molecular flexibility index (Phi) is 5.88. The standard InChI is InChI=1S/C23H31N3OS2/c1-13(2)7-8-28-22-20-19(24-12-25-22)18-15-10-23(5,6)27-11-16(15)17(9-14(3)4)26-21(18)29-20/h12-14H,7-11H2,1-6H3. The molecule has 0 aromatic carbocycles. The van der Waals surface area contributed by atoms with E-state index in [2.05, 4.69) is 46.5 Å². The number of thiophene rings is 1. The van der Waals surface area contributed by atoms with Gasteiger partial charge in [0.05, 0.1) is 22.4 Å². The second kappa shape index (κ2) is 8.12. The van der Waals surface area contributed by atoms with Gasteiger partial charge in [0.25, 0.3) is 0 Å². The molecule has 0 unspecified atom stereocenters. The van der Waals surface area contributed by atoms with Crippen LogP contribution < -0.4 is 0 Å². The molecule has 0 N–H and O–H groups in total. The fourth-order valence-corrected chi connectivity index (χ4v) is 6.40. The van der Waals surface area contributed by atoms with Crippen molar-refractivity contribution in [2.45, 2.75) is 78.0 Å².